The van der Waals surface area contributed by atoms with Crippen molar-refractivity contribution in [3.63, 3.8) is 0 Å². The van der Waals surface area contributed by atoms with Gasteiger partial charge in [-0.05, 0) is 28.9 Å². The van der Waals surface area contributed by atoms with Crippen molar-refractivity contribution < 1.29 is 24.2 Å². The molecule has 0 saturated heterocycles. The number of ether oxygens (including phenoxy) is 2. The van der Waals surface area contributed by atoms with Crippen molar-refractivity contribution in [2.75, 3.05) is 13.2 Å². The summed E-state index contributed by atoms with van der Waals surface area (Å²) in [5.41, 5.74) is 0.584. The Bertz CT molecular complexity index is 524. The molecule has 0 fully saturated rings. The molecule has 0 saturated carbocycles. The standard InChI is InChI=1S/C12H11BrO5/c1-6-9(10(14)12(15)16)7(13)5-8-11(6)18-4-2-3-17-8/h5H,2-4H2,1H3,(H,15,16). The van der Waals surface area contributed by atoms with E-state index in [2.05, 4.69) is 15.9 Å². The number of carboxylic acids is 1. The normalized spacial score (nSPS) is 13.9. The molecular weight excluding hydrogens is 304 g/mol. The summed E-state index contributed by atoms with van der Waals surface area (Å²) in [6.45, 7) is 2.66. The molecule has 0 aliphatic carbocycles. The second-order valence-electron chi connectivity index (χ2n) is 3.87. The van der Waals surface area contributed by atoms with Crippen LogP contribution < -0.4 is 9.47 Å². The van der Waals surface area contributed by atoms with Gasteiger partial charge in [0.05, 0.1) is 18.8 Å². The summed E-state index contributed by atoms with van der Waals surface area (Å²) in [5, 5.41) is 8.80. The highest BCUT2D eigenvalue weighted by Gasteiger charge is 2.26. The number of hydrogen-bond acceptors (Lipinski definition) is 4. The van der Waals surface area contributed by atoms with Crippen LogP contribution in [0.2, 0.25) is 0 Å². The fourth-order valence-corrected chi connectivity index (χ4v) is 2.50. The average Bonchev–Trinajstić information content (AvgIpc) is 2.54. The number of Topliss-reactive ketones (excluding diaryl/α,β-unsaturated/α-hetero) is 1. The molecule has 0 radical (unpaired) electrons. The molecule has 18 heavy (non-hydrogen) atoms. The van der Waals surface area contributed by atoms with E-state index in [9.17, 15) is 9.59 Å². The number of carboxylic acid groups (broad SMARTS) is 1. The second-order valence-corrected chi connectivity index (χ2v) is 4.72. The minimum atomic E-state index is -1.49. The highest BCUT2D eigenvalue weighted by Crippen LogP contribution is 2.39. The molecule has 1 aromatic rings. The summed E-state index contributed by atoms with van der Waals surface area (Å²) in [7, 11) is 0. The molecule has 0 spiro atoms. The lowest BCUT2D eigenvalue weighted by molar-refractivity contribution is -0.131. The Kier molecular flexibility index (Phi) is 3.56. The van der Waals surface area contributed by atoms with Gasteiger partial charge >= 0.3 is 5.97 Å². The predicted octanol–water partition coefficient (Wildman–Crippen LogP) is 2.19. The molecule has 0 bridgehead atoms. The van der Waals surface area contributed by atoms with E-state index in [4.69, 9.17) is 14.6 Å². The Morgan fingerprint density at radius 3 is 2.67 bits per heavy atom. The Morgan fingerprint density at radius 1 is 1.33 bits per heavy atom. The molecule has 0 atom stereocenters. The van der Waals surface area contributed by atoms with Crippen LogP contribution in [-0.4, -0.2) is 30.1 Å². The van der Waals surface area contributed by atoms with Crippen LogP contribution in [0.25, 0.3) is 0 Å². The van der Waals surface area contributed by atoms with E-state index in [0.717, 1.165) is 6.42 Å². The van der Waals surface area contributed by atoms with Crippen molar-refractivity contribution in [3.05, 3.63) is 21.7 Å². The number of aliphatic carboxylic acids is 1. The van der Waals surface area contributed by atoms with E-state index in [0.29, 0.717) is 34.7 Å². The number of rotatable bonds is 2. The van der Waals surface area contributed by atoms with Crippen molar-refractivity contribution >= 4 is 27.7 Å². The Morgan fingerprint density at radius 2 is 2.00 bits per heavy atom. The van der Waals surface area contributed by atoms with Crippen molar-refractivity contribution in [2.45, 2.75) is 13.3 Å². The fourth-order valence-electron chi connectivity index (χ4n) is 1.82. The lowest BCUT2D eigenvalue weighted by Crippen LogP contribution is -2.15. The molecule has 6 heteroatoms. The SMILES string of the molecule is Cc1c2c(cc(Br)c1C(=O)C(=O)O)OCCCO2. The zero-order chi connectivity index (χ0) is 13.3. The number of halogens is 1. The highest BCUT2D eigenvalue weighted by molar-refractivity contribution is 9.10. The van der Waals surface area contributed by atoms with Crippen LogP contribution in [0.5, 0.6) is 11.5 Å². The smallest absolute Gasteiger partial charge is 0.377 e. The summed E-state index contributed by atoms with van der Waals surface area (Å²) in [4.78, 5) is 22.4. The van der Waals surface area contributed by atoms with Gasteiger partial charge in [0.2, 0.25) is 0 Å². The van der Waals surface area contributed by atoms with Crippen molar-refractivity contribution in [3.8, 4) is 11.5 Å². The molecule has 2 rings (SSSR count). The van der Waals surface area contributed by atoms with Gasteiger partial charge in [0.15, 0.2) is 11.5 Å². The number of carbonyl (C=O) groups is 2. The van der Waals surface area contributed by atoms with Crippen LogP contribution in [0.4, 0.5) is 0 Å². The predicted molar refractivity (Wildman–Crippen MR) is 66.5 cm³/mol. The van der Waals surface area contributed by atoms with Gasteiger partial charge in [-0.2, -0.15) is 0 Å². The molecule has 0 amide bonds. The van der Waals surface area contributed by atoms with Crippen molar-refractivity contribution in [1.29, 1.82) is 0 Å². The first kappa shape index (κ1) is 12.9. The maximum absolute atomic E-state index is 11.6. The van der Waals surface area contributed by atoms with Crippen LogP contribution >= 0.6 is 15.9 Å². The summed E-state index contributed by atoms with van der Waals surface area (Å²) in [5.74, 6) is -1.48. The Balaban J connectivity index is 2.59. The largest absolute Gasteiger partial charge is 0.490 e. The van der Waals surface area contributed by atoms with Crippen LogP contribution in [-0.2, 0) is 4.79 Å². The first-order valence-electron chi connectivity index (χ1n) is 5.38. The second kappa shape index (κ2) is 4.97. The maximum Gasteiger partial charge on any atom is 0.377 e. The van der Waals surface area contributed by atoms with E-state index in [1.54, 1.807) is 13.0 Å². The van der Waals surface area contributed by atoms with Crippen molar-refractivity contribution in [1.82, 2.24) is 0 Å². The van der Waals surface area contributed by atoms with Gasteiger partial charge in [-0.15, -0.1) is 0 Å². The van der Waals surface area contributed by atoms with Crippen LogP contribution in [0.3, 0.4) is 0 Å². The Hall–Kier alpha value is -1.56. The topological polar surface area (TPSA) is 72.8 Å². The van der Waals surface area contributed by atoms with E-state index in [-0.39, 0.29) is 5.56 Å². The molecule has 0 aromatic heterocycles. The van der Waals surface area contributed by atoms with Gasteiger partial charge in [-0.25, -0.2) is 4.79 Å². The molecule has 1 aromatic carbocycles. The maximum atomic E-state index is 11.6. The van der Waals surface area contributed by atoms with Gasteiger partial charge < -0.3 is 14.6 Å². The van der Waals surface area contributed by atoms with Crippen molar-refractivity contribution in [2.24, 2.45) is 0 Å². The van der Waals surface area contributed by atoms with Crippen LogP contribution in [0, 0.1) is 6.92 Å². The van der Waals surface area contributed by atoms with E-state index in [1.165, 1.54) is 0 Å². The molecule has 5 nitrogen and oxygen atoms in total. The number of ketones is 1. The van der Waals surface area contributed by atoms with Gasteiger partial charge in [-0.3, -0.25) is 4.79 Å². The minimum Gasteiger partial charge on any atom is -0.490 e. The van der Waals surface area contributed by atoms with Crippen LogP contribution in [0.15, 0.2) is 10.5 Å². The third-order valence-electron chi connectivity index (χ3n) is 2.65. The fraction of sp³-hybridized carbons (Fsp3) is 0.333. The highest BCUT2D eigenvalue weighted by atomic mass is 79.9. The number of hydrogen-bond donors (Lipinski definition) is 1. The van der Waals surface area contributed by atoms with Gasteiger partial charge in [-0.1, -0.05) is 0 Å². The molecule has 96 valence electrons. The first-order chi connectivity index (χ1) is 8.52. The summed E-state index contributed by atoms with van der Waals surface area (Å²) in [6.07, 6.45) is 0.744. The minimum absolute atomic E-state index is 0.103. The number of fused-ring (bicyclic) bond motifs is 1. The molecule has 0 unspecified atom stereocenters. The van der Waals surface area contributed by atoms with E-state index in [1.807, 2.05) is 0 Å². The third kappa shape index (κ3) is 2.20. The lowest BCUT2D eigenvalue weighted by atomic mass is 10.0. The molecule has 1 N–H and O–H groups in total. The number of carbonyl (C=O) groups excluding carboxylic acids is 1. The zero-order valence-electron chi connectivity index (χ0n) is 9.66. The van der Waals surface area contributed by atoms with E-state index >= 15 is 0 Å². The molecule has 1 aliphatic rings. The molecule has 1 heterocycles. The molecular formula is C12H11BrO5. The Labute approximate surface area is 112 Å². The first-order valence-corrected chi connectivity index (χ1v) is 6.18. The quantitative estimate of drug-likeness (QED) is 0.669. The lowest BCUT2D eigenvalue weighted by Gasteiger charge is -2.14. The monoisotopic (exact) mass is 314 g/mol. The zero-order valence-corrected chi connectivity index (χ0v) is 11.2. The van der Waals surface area contributed by atoms with E-state index < -0.39 is 11.8 Å². The van der Waals surface area contributed by atoms with Gasteiger partial charge in [0, 0.05) is 16.5 Å². The van der Waals surface area contributed by atoms with Gasteiger partial charge in [0.25, 0.3) is 5.78 Å². The number of benzene rings is 1. The summed E-state index contributed by atoms with van der Waals surface area (Å²) in [6, 6.07) is 1.57. The van der Waals surface area contributed by atoms with Crippen LogP contribution in [0.1, 0.15) is 22.3 Å². The third-order valence-corrected chi connectivity index (χ3v) is 3.28. The summed E-state index contributed by atoms with van der Waals surface area (Å²) >= 11 is 3.20. The summed E-state index contributed by atoms with van der Waals surface area (Å²) < 4.78 is 11.4. The molecule has 1 aliphatic heterocycles. The van der Waals surface area contributed by atoms with Gasteiger partial charge in [0.1, 0.15) is 0 Å². The average molecular weight is 315 g/mol.